The number of aliphatic hydroxyl groups is 3. The van der Waals surface area contributed by atoms with Gasteiger partial charge in [0.2, 0.25) is 0 Å². The number of hydrogen-bond acceptors (Lipinski definition) is 16. The molecule has 0 amide bonds. The minimum absolute atomic E-state index is 0.0942. The first kappa shape index (κ1) is 51.7. The van der Waals surface area contributed by atoms with Crippen molar-refractivity contribution in [1.82, 2.24) is 0 Å². The molecule has 7 saturated heterocycles. The van der Waals surface area contributed by atoms with E-state index in [1.165, 1.54) is 14.0 Å². The highest BCUT2D eigenvalue weighted by Crippen LogP contribution is 2.57. The average molecular weight is 931 g/mol. The number of methoxy groups -OCH3 is 4. The fraction of sp³-hybridized carbons (Fsp3) is 0.979. The van der Waals surface area contributed by atoms with Gasteiger partial charge in [-0.25, -0.2) is 0 Å². The second-order valence-corrected chi connectivity index (χ2v) is 21.3. The normalized spacial score (nSPS) is 54.6. The van der Waals surface area contributed by atoms with E-state index in [1.54, 1.807) is 42.1 Å². The lowest BCUT2D eigenvalue weighted by Gasteiger charge is -2.58. The molecule has 1 spiro atoms. The Balaban J connectivity index is 1.13. The molecule has 7 fully saturated rings. The second kappa shape index (κ2) is 19.2. The van der Waals surface area contributed by atoms with Gasteiger partial charge in [0.25, 0.3) is 0 Å². The van der Waals surface area contributed by atoms with Crippen LogP contribution in [0.25, 0.3) is 0 Å². The molecule has 0 unspecified atom stereocenters. The molecule has 17 nitrogen and oxygen atoms in total. The highest BCUT2D eigenvalue weighted by atomic mass is 16.8. The van der Waals surface area contributed by atoms with Gasteiger partial charge in [-0.1, -0.05) is 34.6 Å². The van der Waals surface area contributed by atoms with E-state index in [4.69, 9.17) is 56.8 Å². The fourth-order valence-electron chi connectivity index (χ4n) is 13.3. The number of aliphatic hydroxyl groups excluding tert-OH is 1. The Morgan fingerprint density at radius 1 is 0.708 bits per heavy atom. The molecule has 0 saturated carbocycles. The molecule has 0 bridgehead atoms. The molecule has 7 aliphatic heterocycles. The van der Waals surface area contributed by atoms with Gasteiger partial charge in [-0.2, -0.15) is 0 Å². The summed E-state index contributed by atoms with van der Waals surface area (Å²) >= 11 is 0. The largest absolute Gasteiger partial charge is 0.481 e. The zero-order valence-corrected chi connectivity index (χ0v) is 41.3. The SMILES string of the molecule is CO[C@H]1C[C@@H](C[C@H]2O[C@](O)([C@@H](C)C(=O)O)[C@H](C)[C@@H](OC)[C@@]2(C)O[C@@H]2CC[C@@H](OC)[C@H](C)O2)O[C@]2(O[C@@](C)([C@H]3CC[C@@H]([C@H]4CC[C@@H]([C@H]5O[C@@](C)(O)[C@H](C)[C@@H](O)[C@@H]5C)O4)O3)[C@@H](OC)[C@@H]2C)[C@@H]1C. The van der Waals surface area contributed by atoms with Crippen molar-refractivity contribution < 1.29 is 82.1 Å². The van der Waals surface area contributed by atoms with Crippen molar-refractivity contribution in [3.63, 3.8) is 0 Å². The molecule has 7 aliphatic rings. The molecule has 0 aromatic rings. The predicted octanol–water partition coefficient (Wildman–Crippen LogP) is 4.56. The van der Waals surface area contributed by atoms with E-state index in [9.17, 15) is 25.2 Å². The first-order valence-electron chi connectivity index (χ1n) is 24.3. The van der Waals surface area contributed by atoms with E-state index < -0.39 is 95.2 Å². The molecule has 0 aromatic carbocycles. The van der Waals surface area contributed by atoms with E-state index in [1.807, 2.05) is 27.7 Å². The lowest BCUT2D eigenvalue weighted by atomic mass is 9.71. The summed E-state index contributed by atoms with van der Waals surface area (Å²) in [4.78, 5) is 12.5. The summed E-state index contributed by atoms with van der Waals surface area (Å²) in [6.45, 7) is 18.5. The van der Waals surface area contributed by atoms with Crippen LogP contribution in [-0.2, 0) is 61.6 Å². The number of hydrogen-bond donors (Lipinski definition) is 4. The molecule has 4 N–H and O–H groups in total. The number of carboxylic acids is 1. The summed E-state index contributed by atoms with van der Waals surface area (Å²) in [5.41, 5.74) is -2.21. The summed E-state index contributed by atoms with van der Waals surface area (Å²) in [6.07, 6.45) is -1.67. The van der Waals surface area contributed by atoms with Crippen LogP contribution in [-0.4, -0.2) is 169 Å². The van der Waals surface area contributed by atoms with E-state index in [2.05, 4.69) is 13.8 Å². The topological polar surface area (TPSA) is 209 Å². The molecule has 7 rings (SSSR count). The highest BCUT2D eigenvalue weighted by molar-refractivity contribution is 5.70. The van der Waals surface area contributed by atoms with E-state index >= 15 is 0 Å². The highest BCUT2D eigenvalue weighted by Gasteiger charge is 2.70. The van der Waals surface area contributed by atoms with E-state index in [-0.39, 0.29) is 66.9 Å². The third-order valence-electron chi connectivity index (χ3n) is 17.6. The van der Waals surface area contributed by atoms with Gasteiger partial charge in [0.15, 0.2) is 23.7 Å². The Morgan fingerprint density at radius 2 is 1.34 bits per heavy atom. The van der Waals surface area contributed by atoms with Crippen LogP contribution in [0.4, 0.5) is 0 Å². The number of ether oxygens (including phenoxy) is 12. The zero-order valence-electron chi connectivity index (χ0n) is 41.3. The van der Waals surface area contributed by atoms with Gasteiger partial charge in [-0.3, -0.25) is 4.79 Å². The average Bonchev–Trinajstić information content (AvgIpc) is 4.00. The van der Waals surface area contributed by atoms with Crippen molar-refractivity contribution in [3.8, 4) is 0 Å². The predicted molar refractivity (Wildman–Crippen MR) is 232 cm³/mol. The molecule has 376 valence electrons. The molecule has 0 aromatic heterocycles. The standard InChI is InChI=1S/C48H82O17/c1-23-39(49)25(3)46(10,52)64-40(23)34-16-15-32(59-34)33-17-19-36(60-33)45(9)42(57-14)27(5)48(65-45)24(2)35(55-12)21-30(61-48)22-37-44(8,63-38-20-18-31(54-11)29(7)58-38)41(56-13)26(4)47(53,62-37)28(6)43(50)51/h23-42,49,52-53H,15-22H2,1-14H3,(H,50,51)/t23-,24+,25+,26+,27-,28-,29-,30-,31+,32+,33-,34-,35-,36+,37+,38+,39-,40-,41+,42-,44-,45-,46+,47-,48-/m0/s1. The smallest absolute Gasteiger partial charge is 0.311 e. The second-order valence-electron chi connectivity index (χ2n) is 21.3. The third kappa shape index (κ3) is 8.89. The van der Waals surface area contributed by atoms with Crippen LogP contribution < -0.4 is 0 Å². The van der Waals surface area contributed by atoms with Crippen LogP contribution in [0.3, 0.4) is 0 Å². The van der Waals surface area contributed by atoms with Crippen molar-refractivity contribution in [1.29, 1.82) is 0 Å². The number of carboxylic acid groups (broad SMARTS) is 1. The molecule has 0 radical (unpaired) electrons. The van der Waals surface area contributed by atoms with Crippen molar-refractivity contribution in [2.45, 2.75) is 235 Å². The van der Waals surface area contributed by atoms with Crippen LogP contribution in [0.15, 0.2) is 0 Å². The monoisotopic (exact) mass is 931 g/mol. The maximum atomic E-state index is 12.5. The molecule has 65 heavy (non-hydrogen) atoms. The molecule has 7 heterocycles. The Hall–Kier alpha value is -1.13. The van der Waals surface area contributed by atoms with E-state index in [0.29, 0.717) is 32.1 Å². The Bertz CT molecular complexity index is 1640. The Kier molecular flexibility index (Phi) is 15.3. The molecular formula is C48H82O17. The van der Waals surface area contributed by atoms with Crippen LogP contribution in [0.5, 0.6) is 0 Å². The molecule has 0 aliphatic carbocycles. The van der Waals surface area contributed by atoms with E-state index in [0.717, 1.165) is 12.8 Å². The van der Waals surface area contributed by atoms with Crippen molar-refractivity contribution in [2.75, 3.05) is 28.4 Å². The fourth-order valence-corrected chi connectivity index (χ4v) is 13.3. The number of rotatable bonds is 13. The maximum Gasteiger partial charge on any atom is 0.311 e. The van der Waals surface area contributed by atoms with Gasteiger partial charge >= 0.3 is 5.97 Å². The van der Waals surface area contributed by atoms with Gasteiger partial charge < -0.3 is 77.3 Å². The van der Waals surface area contributed by atoms with Gasteiger partial charge in [0, 0.05) is 77.3 Å². The van der Waals surface area contributed by atoms with Gasteiger partial charge in [0.1, 0.15) is 17.1 Å². The number of carbonyl (C=O) groups is 1. The maximum absolute atomic E-state index is 12.5. The quantitative estimate of drug-likeness (QED) is 0.200. The summed E-state index contributed by atoms with van der Waals surface area (Å²) < 4.78 is 78.8. The van der Waals surface area contributed by atoms with Crippen LogP contribution in [0, 0.1) is 35.5 Å². The van der Waals surface area contributed by atoms with Gasteiger partial charge in [-0.15, -0.1) is 0 Å². The molecule has 25 atom stereocenters. The summed E-state index contributed by atoms with van der Waals surface area (Å²) in [5.74, 6) is -9.40. The van der Waals surface area contributed by atoms with Crippen molar-refractivity contribution >= 4 is 5.97 Å². The number of aliphatic carboxylic acids is 1. The lowest BCUT2D eigenvalue weighted by molar-refractivity contribution is -0.403. The zero-order chi connectivity index (χ0) is 47.8. The summed E-state index contributed by atoms with van der Waals surface area (Å²) in [7, 11) is 6.56. The van der Waals surface area contributed by atoms with Crippen LogP contribution >= 0.6 is 0 Å². The third-order valence-corrected chi connectivity index (χ3v) is 17.6. The van der Waals surface area contributed by atoms with Gasteiger partial charge in [0.05, 0.1) is 79.4 Å². The minimum atomic E-state index is -2.13. The summed E-state index contributed by atoms with van der Waals surface area (Å²) in [6, 6.07) is 0. The molecular weight excluding hydrogens is 849 g/mol. The van der Waals surface area contributed by atoms with Gasteiger partial charge in [-0.05, 0) is 66.7 Å². The summed E-state index contributed by atoms with van der Waals surface area (Å²) in [5, 5.41) is 44.5. The Morgan fingerprint density at radius 3 is 1.95 bits per heavy atom. The first-order chi connectivity index (χ1) is 30.5. The minimum Gasteiger partial charge on any atom is -0.481 e. The van der Waals surface area contributed by atoms with Crippen molar-refractivity contribution in [2.24, 2.45) is 35.5 Å². The van der Waals surface area contributed by atoms with Crippen molar-refractivity contribution in [3.05, 3.63) is 0 Å². The Labute approximate surface area is 386 Å². The first-order valence-corrected chi connectivity index (χ1v) is 24.3. The molecule has 17 heteroatoms. The van der Waals surface area contributed by atoms with Crippen LogP contribution in [0.2, 0.25) is 0 Å². The van der Waals surface area contributed by atoms with Crippen LogP contribution in [0.1, 0.15) is 121 Å². The lowest BCUT2D eigenvalue weighted by Crippen LogP contribution is -2.71.